The lowest BCUT2D eigenvalue weighted by molar-refractivity contribution is 0.161. The molecule has 0 spiro atoms. The molecule has 0 radical (unpaired) electrons. The molecule has 18 heavy (non-hydrogen) atoms. The number of imidazole rings is 1. The van der Waals surface area contributed by atoms with Gasteiger partial charge in [-0.3, -0.25) is 0 Å². The fraction of sp³-hybridized carbons (Fsp3) is 0.800. The summed E-state index contributed by atoms with van der Waals surface area (Å²) in [6.07, 6.45) is 14.3. The molecule has 0 bridgehead atoms. The van der Waals surface area contributed by atoms with E-state index in [0.717, 1.165) is 6.42 Å². The van der Waals surface area contributed by atoms with E-state index in [1.807, 2.05) is 6.20 Å². The molecule has 0 saturated heterocycles. The van der Waals surface area contributed by atoms with E-state index >= 15 is 0 Å². The Hall–Kier alpha value is -0.830. The minimum atomic E-state index is 0.351. The van der Waals surface area contributed by atoms with E-state index in [0.29, 0.717) is 24.5 Å². The summed E-state index contributed by atoms with van der Waals surface area (Å²) in [5.74, 6) is 2.51. The zero-order valence-corrected chi connectivity index (χ0v) is 11.1. The molecule has 0 amide bonds. The first kappa shape index (κ1) is 12.2. The van der Waals surface area contributed by atoms with Gasteiger partial charge >= 0.3 is 0 Å². The lowest BCUT2D eigenvalue weighted by atomic mass is 9.86. The fourth-order valence-corrected chi connectivity index (χ4v) is 3.81. The Labute approximate surface area is 109 Å². The Kier molecular flexibility index (Phi) is 3.69. The van der Waals surface area contributed by atoms with Gasteiger partial charge < -0.3 is 9.67 Å². The summed E-state index contributed by atoms with van der Waals surface area (Å²) >= 11 is 0. The van der Waals surface area contributed by atoms with E-state index in [1.165, 1.54) is 50.8 Å². The molecule has 2 fully saturated rings. The predicted molar refractivity (Wildman–Crippen MR) is 71.5 cm³/mol. The van der Waals surface area contributed by atoms with Gasteiger partial charge in [0.25, 0.3) is 0 Å². The van der Waals surface area contributed by atoms with E-state index in [9.17, 15) is 5.11 Å². The number of hydrogen-bond acceptors (Lipinski definition) is 2. The van der Waals surface area contributed by atoms with E-state index in [2.05, 4.69) is 15.7 Å². The van der Waals surface area contributed by atoms with Crippen molar-refractivity contribution < 1.29 is 5.11 Å². The molecule has 0 unspecified atom stereocenters. The molecule has 2 saturated carbocycles. The van der Waals surface area contributed by atoms with Gasteiger partial charge in [-0.25, -0.2) is 4.98 Å². The first-order chi connectivity index (χ1) is 8.88. The van der Waals surface area contributed by atoms with Crippen molar-refractivity contribution in [1.82, 2.24) is 9.55 Å². The molecule has 1 N–H and O–H groups in total. The molecule has 2 atom stereocenters. The molecule has 3 nitrogen and oxygen atoms in total. The van der Waals surface area contributed by atoms with Gasteiger partial charge in [-0.2, -0.15) is 0 Å². The zero-order valence-electron chi connectivity index (χ0n) is 11.1. The number of hydrogen-bond donors (Lipinski definition) is 1. The Balaban J connectivity index is 1.77. The first-order valence-corrected chi connectivity index (χ1v) is 7.52. The Morgan fingerprint density at radius 3 is 2.78 bits per heavy atom. The normalized spacial score (nSPS) is 29.8. The van der Waals surface area contributed by atoms with Crippen molar-refractivity contribution in [2.45, 2.75) is 63.3 Å². The summed E-state index contributed by atoms with van der Waals surface area (Å²) in [6, 6.07) is 0.578. The van der Waals surface area contributed by atoms with Crippen LogP contribution in [0.25, 0.3) is 0 Å². The van der Waals surface area contributed by atoms with Gasteiger partial charge in [0.1, 0.15) is 5.82 Å². The van der Waals surface area contributed by atoms with Crippen molar-refractivity contribution in [2.75, 3.05) is 6.61 Å². The van der Waals surface area contributed by atoms with Crippen LogP contribution in [0.2, 0.25) is 0 Å². The van der Waals surface area contributed by atoms with Gasteiger partial charge in [0, 0.05) is 31.0 Å². The second-order valence-electron chi connectivity index (χ2n) is 6.04. The molecular formula is C15H24N2O. The SMILES string of the molecule is OC[C@H]1CCC[C@@H](n2ccnc2C2CCCC2)C1. The fourth-order valence-electron chi connectivity index (χ4n) is 3.81. The summed E-state index contributed by atoms with van der Waals surface area (Å²) in [4.78, 5) is 4.62. The van der Waals surface area contributed by atoms with Gasteiger partial charge in [-0.15, -0.1) is 0 Å². The molecule has 3 rings (SSSR count). The van der Waals surface area contributed by atoms with Crippen LogP contribution in [0.3, 0.4) is 0 Å². The summed E-state index contributed by atoms with van der Waals surface area (Å²) < 4.78 is 2.43. The maximum absolute atomic E-state index is 9.36. The van der Waals surface area contributed by atoms with Crippen LogP contribution in [-0.2, 0) is 0 Å². The molecule has 1 aromatic heterocycles. The Morgan fingerprint density at radius 1 is 1.17 bits per heavy atom. The van der Waals surface area contributed by atoms with Crippen molar-refractivity contribution in [3.8, 4) is 0 Å². The van der Waals surface area contributed by atoms with Gasteiger partial charge in [0.05, 0.1) is 0 Å². The molecule has 1 aromatic rings. The second-order valence-corrected chi connectivity index (χ2v) is 6.04. The van der Waals surface area contributed by atoms with Crippen molar-refractivity contribution in [1.29, 1.82) is 0 Å². The Morgan fingerprint density at radius 2 is 2.00 bits per heavy atom. The highest BCUT2D eigenvalue weighted by molar-refractivity contribution is 5.05. The van der Waals surface area contributed by atoms with Gasteiger partial charge in [0.2, 0.25) is 0 Å². The van der Waals surface area contributed by atoms with Crippen LogP contribution in [0.15, 0.2) is 12.4 Å². The average Bonchev–Trinajstić information content (AvgIpc) is 3.09. The highest BCUT2D eigenvalue weighted by Gasteiger charge is 2.27. The largest absolute Gasteiger partial charge is 0.396 e. The van der Waals surface area contributed by atoms with Crippen LogP contribution in [0.5, 0.6) is 0 Å². The maximum Gasteiger partial charge on any atom is 0.112 e. The monoisotopic (exact) mass is 248 g/mol. The smallest absolute Gasteiger partial charge is 0.112 e. The number of aromatic nitrogens is 2. The lowest BCUT2D eigenvalue weighted by Crippen LogP contribution is -2.23. The highest BCUT2D eigenvalue weighted by atomic mass is 16.3. The summed E-state index contributed by atoms with van der Waals surface area (Å²) in [5, 5.41) is 9.36. The summed E-state index contributed by atoms with van der Waals surface area (Å²) in [6.45, 7) is 0.351. The van der Waals surface area contributed by atoms with Crippen molar-refractivity contribution in [3.05, 3.63) is 18.2 Å². The lowest BCUT2D eigenvalue weighted by Gasteiger charge is -2.30. The van der Waals surface area contributed by atoms with Crippen molar-refractivity contribution in [2.24, 2.45) is 5.92 Å². The summed E-state index contributed by atoms with van der Waals surface area (Å²) in [5.41, 5.74) is 0. The zero-order chi connectivity index (χ0) is 12.4. The second kappa shape index (κ2) is 5.43. The summed E-state index contributed by atoms with van der Waals surface area (Å²) in [7, 11) is 0. The molecule has 2 aliphatic rings. The third kappa shape index (κ3) is 2.33. The van der Waals surface area contributed by atoms with Crippen LogP contribution >= 0.6 is 0 Å². The molecule has 0 aromatic carbocycles. The van der Waals surface area contributed by atoms with Crippen LogP contribution < -0.4 is 0 Å². The minimum Gasteiger partial charge on any atom is -0.396 e. The van der Waals surface area contributed by atoms with Crippen LogP contribution in [-0.4, -0.2) is 21.3 Å². The molecule has 0 aliphatic heterocycles. The number of rotatable bonds is 3. The molecular weight excluding hydrogens is 224 g/mol. The Bertz CT molecular complexity index is 382. The molecule has 2 aliphatic carbocycles. The van der Waals surface area contributed by atoms with E-state index in [1.54, 1.807) is 0 Å². The third-order valence-corrected chi connectivity index (χ3v) is 4.83. The minimum absolute atomic E-state index is 0.351. The van der Waals surface area contributed by atoms with Crippen LogP contribution in [0.1, 0.15) is 69.2 Å². The topological polar surface area (TPSA) is 38.0 Å². The van der Waals surface area contributed by atoms with Gasteiger partial charge in [-0.05, 0) is 38.0 Å². The first-order valence-electron chi connectivity index (χ1n) is 7.52. The molecule has 100 valence electrons. The standard InChI is InChI=1S/C15H24N2O/c18-11-12-4-3-7-14(10-12)17-9-8-16-15(17)13-5-1-2-6-13/h8-9,12-14,18H,1-7,10-11H2/t12-,14+/m0/s1. The number of nitrogens with zero attached hydrogens (tertiary/aromatic N) is 2. The van der Waals surface area contributed by atoms with E-state index in [4.69, 9.17) is 0 Å². The van der Waals surface area contributed by atoms with E-state index < -0.39 is 0 Å². The maximum atomic E-state index is 9.36. The van der Waals surface area contributed by atoms with Crippen LogP contribution in [0.4, 0.5) is 0 Å². The quantitative estimate of drug-likeness (QED) is 0.891. The molecule has 1 heterocycles. The number of aliphatic hydroxyl groups excluding tert-OH is 1. The highest BCUT2D eigenvalue weighted by Crippen LogP contribution is 2.38. The number of aliphatic hydroxyl groups is 1. The van der Waals surface area contributed by atoms with Crippen molar-refractivity contribution in [3.63, 3.8) is 0 Å². The van der Waals surface area contributed by atoms with Crippen molar-refractivity contribution >= 4 is 0 Å². The molecule has 3 heteroatoms. The van der Waals surface area contributed by atoms with Gasteiger partial charge in [0.15, 0.2) is 0 Å². The van der Waals surface area contributed by atoms with Gasteiger partial charge in [-0.1, -0.05) is 19.3 Å². The van der Waals surface area contributed by atoms with E-state index in [-0.39, 0.29) is 0 Å². The predicted octanol–water partition coefficient (Wildman–Crippen LogP) is 3.26. The van der Waals surface area contributed by atoms with Crippen LogP contribution in [0, 0.1) is 5.92 Å². The average molecular weight is 248 g/mol. The third-order valence-electron chi connectivity index (χ3n) is 4.83.